The van der Waals surface area contributed by atoms with Crippen LogP contribution in [0.5, 0.6) is 11.5 Å². The van der Waals surface area contributed by atoms with Crippen LogP contribution in [0.3, 0.4) is 0 Å². The first-order chi connectivity index (χ1) is 17.2. The van der Waals surface area contributed by atoms with E-state index in [0.29, 0.717) is 40.8 Å². The van der Waals surface area contributed by atoms with Gasteiger partial charge in [0.2, 0.25) is 0 Å². The third kappa shape index (κ3) is 4.95. The van der Waals surface area contributed by atoms with Gasteiger partial charge in [0.1, 0.15) is 17.3 Å². The van der Waals surface area contributed by atoms with Crippen LogP contribution in [0.15, 0.2) is 72.3 Å². The number of aliphatic hydroxyl groups is 1. The van der Waals surface area contributed by atoms with Crippen molar-refractivity contribution >= 4 is 34.7 Å². The Morgan fingerprint density at radius 2 is 1.69 bits per heavy atom. The molecule has 0 radical (unpaired) electrons. The second kappa shape index (κ2) is 10.5. The lowest BCUT2D eigenvalue weighted by Crippen LogP contribution is -2.29. The lowest BCUT2D eigenvalue weighted by molar-refractivity contribution is -0.132. The number of carbonyl (C=O) groups is 2. The number of anilines is 1. The van der Waals surface area contributed by atoms with E-state index >= 15 is 0 Å². The third-order valence-electron chi connectivity index (χ3n) is 5.96. The fraction of sp³-hybridized carbons (Fsp3) is 0.241. The monoisotopic (exact) mass is 505 g/mol. The maximum atomic E-state index is 13.3. The highest BCUT2D eigenvalue weighted by Crippen LogP contribution is 2.43. The molecule has 0 spiro atoms. The molecule has 0 aromatic heterocycles. The van der Waals surface area contributed by atoms with Crippen molar-refractivity contribution in [1.82, 2.24) is 0 Å². The van der Waals surface area contributed by atoms with E-state index in [9.17, 15) is 14.7 Å². The molecule has 1 unspecified atom stereocenters. The van der Waals surface area contributed by atoms with Gasteiger partial charge < -0.3 is 14.6 Å². The average molecular weight is 506 g/mol. The molecule has 1 fully saturated rings. The third-order valence-corrected chi connectivity index (χ3v) is 6.26. The Balaban J connectivity index is 1.85. The minimum atomic E-state index is -0.840. The average Bonchev–Trinajstić information content (AvgIpc) is 3.13. The Morgan fingerprint density at radius 1 is 1.03 bits per heavy atom. The van der Waals surface area contributed by atoms with E-state index in [4.69, 9.17) is 21.1 Å². The number of hydrogen-bond donors (Lipinski definition) is 1. The number of Topliss-reactive ketones (excluding diaryl/α,β-unsaturated/α-hetero) is 1. The number of carbonyl (C=O) groups excluding carboxylic acids is 2. The van der Waals surface area contributed by atoms with Gasteiger partial charge in [-0.1, -0.05) is 55.3 Å². The van der Waals surface area contributed by atoms with Crippen LogP contribution in [0, 0.1) is 12.8 Å². The summed E-state index contributed by atoms with van der Waals surface area (Å²) in [7, 11) is 1.49. The van der Waals surface area contributed by atoms with Crippen molar-refractivity contribution in [2.24, 2.45) is 5.92 Å². The van der Waals surface area contributed by atoms with E-state index < -0.39 is 17.7 Å². The number of rotatable bonds is 7. The molecule has 1 aliphatic heterocycles. The van der Waals surface area contributed by atoms with E-state index in [1.165, 1.54) is 18.1 Å². The number of aryl methyl sites for hydroxylation is 1. The number of ether oxygens (including phenoxy) is 2. The molecule has 36 heavy (non-hydrogen) atoms. The molecule has 4 rings (SSSR count). The van der Waals surface area contributed by atoms with Gasteiger partial charge in [0, 0.05) is 11.3 Å². The van der Waals surface area contributed by atoms with Gasteiger partial charge >= 0.3 is 0 Å². The Labute approximate surface area is 215 Å². The van der Waals surface area contributed by atoms with E-state index in [1.54, 1.807) is 36.4 Å². The van der Waals surface area contributed by atoms with Crippen molar-refractivity contribution in [3.05, 3.63) is 94.0 Å². The number of nitrogens with zero attached hydrogens (tertiary/aromatic N) is 1. The molecule has 3 aromatic carbocycles. The zero-order valence-electron chi connectivity index (χ0n) is 20.6. The molecule has 0 aliphatic carbocycles. The van der Waals surface area contributed by atoms with E-state index in [0.717, 1.165) is 5.56 Å². The summed E-state index contributed by atoms with van der Waals surface area (Å²) in [5.74, 6) is -0.314. The normalized spacial score (nSPS) is 17.1. The largest absolute Gasteiger partial charge is 0.507 e. The molecule has 1 atom stereocenters. The van der Waals surface area contributed by atoms with Crippen LogP contribution < -0.4 is 14.4 Å². The summed E-state index contributed by atoms with van der Waals surface area (Å²) < 4.78 is 11.0. The maximum absolute atomic E-state index is 13.3. The lowest BCUT2D eigenvalue weighted by Gasteiger charge is -2.26. The molecule has 186 valence electrons. The first-order valence-corrected chi connectivity index (χ1v) is 12.0. The summed E-state index contributed by atoms with van der Waals surface area (Å²) in [4.78, 5) is 28.0. The molecule has 6 nitrogen and oxygen atoms in total. The zero-order valence-corrected chi connectivity index (χ0v) is 21.4. The smallest absolute Gasteiger partial charge is 0.300 e. The number of methoxy groups -OCH3 is 1. The van der Waals surface area contributed by atoms with Gasteiger partial charge in [-0.2, -0.15) is 0 Å². The van der Waals surface area contributed by atoms with Crippen molar-refractivity contribution < 1.29 is 24.2 Å². The minimum Gasteiger partial charge on any atom is -0.507 e. The number of ketones is 1. The Hall–Kier alpha value is -3.77. The number of benzene rings is 3. The van der Waals surface area contributed by atoms with Crippen LogP contribution in [0.4, 0.5) is 5.69 Å². The van der Waals surface area contributed by atoms with Gasteiger partial charge in [0.25, 0.3) is 11.7 Å². The molecule has 1 aliphatic rings. The van der Waals surface area contributed by atoms with Crippen LogP contribution in [0.25, 0.3) is 5.76 Å². The van der Waals surface area contributed by atoms with Crippen molar-refractivity contribution in [2.45, 2.75) is 26.8 Å². The van der Waals surface area contributed by atoms with Crippen molar-refractivity contribution in [3.63, 3.8) is 0 Å². The molecule has 0 saturated carbocycles. The fourth-order valence-corrected chi connectivity index (χ4v) is 4.36. The molecule has 1 N–H and O–H groups in total. The minimum absolute atomic E-state index is 0.0161. The lowest BCUT2D eigenvalue weighted by atomic mass is 9.95. The summed E-state index contributed by atoms with van der Waals surface area (Å²) in [5.41, 5.74) is 2.53. The highest BCUT2D eigenvalue weighted by Gasteiger charge is 2.47. The van der Waals surface area contributed by atoms with Crippen molar-refractivity contribution in [3.8, 4) is 11.5 Å². The Morgan fingerprint density at radius 3 is 2.28 bits per heavy atom. The summed E-state index contributed by atoms with van der Waals surface area (Å²) in [6.45, 7) is 6.64. The SMILES string of the molecule is COc1ccc(/C(O)=C2/C(=O)C(=O)N(c3ccc(C)cc3)C2c2ccc(OCC(C)C)cc2)cc1Cl. The fourth-order valence-electron chi connectivity index (χ4n) is 4.10. The summed E-state index contributed by atoms with van der Waals surface area (Å²) in [6, 6.07) is 18.4. The number of halogens is 1. The standard InChI is InChI=1S/C29H28ClNO5/c1-17(2)16-36-22-12-7-19(8-13-22)26-25(27(32)20-9-14-24(35-4)23(30)15-20)28(33)29(34)31(26)21-10-5-18(3)6-11-21/h5-15,17,26,32H,16H2,1-4H3/b27-25-. The Kier molecular flexibility index (Phi) is 7.36. The van der Waals surface area contributed by atoms with Gasteiger partial charge in [-0.15, -0.1) is 0 Å². The van der Waals surface area contributed by atoms with Gasteiger partial charge in [-0.05, 0) is 60.9 Å². The van der Waals surface area contributed by atoms with E-state index in [-0.39, 0.29) is 16.4 Å². The topological polar surface area (TPSA) is 76.1 Å². The molecule has 0 bridgehead atoms. The molecule has 1 heterocycles. The van der Waals surface area contributed by atoms with Crippen molar-refractivity contribution in [2.75, 3.05) is 18.6 Å². The van der Waals surface area contributed by atoms with Crippen LogP contribution in [0.1, 0.15) is 36.6 Å². The predicted molar refractivity (Wildman–Crippen MR) is 141 cm³/mol. The second-order valence-corrected chi connectivity index (χ2v) is 9.54. The predicted octanol–water partition coefficient (Wildman–Crippen LogP) is 6.32. The van der Waals surface area contributed by atoms with Crippen LogP contribution in [0.2, 0.25) is 5.02 Å². The first-order valence-electron chi connectivity index (χ1n) is 11.7. The van der Waals surface area contributed by atoms with Gasteiger partial charge in [-0.3, -0.25) is 14.5 Å². The van der Waals surface area contributed by atoms with Crippen LogP contribution in [-0.2, 0) is 9.59 Å². The number of amides is 1. The molecular formula is C29H28ClNO5. The molecule has 1 amide bonds. The maximum Gasteiger partial charge on any atom is 0.300 e. The van der Waals surface area contributed by atoms with Crippen molar-refractivity contribution in [1.29, 1.82) is 0 Å². The summed E-state index contributed by atoms with van der Waals surface area (Å²) >= 11 is 6.27. The molecule has 3 aromatic rings. The van der Waals surface area contributed by atoms with Gasteiger partial charge in [-0.25, -0.2) is 0 Å². The quantitative estimate of drug-likeness (QED) is 0.231. The Bertz CT molecular complexity index is 1310. The first kappa shape index (κ1) is 25.3. The number of aliphatic hydroxyl groups excluding tert-OH is 1. The van der Waals surface area contributed by atoms with E-state index in [2.05, 4.69) is 13.8 Å². The summed E-state index contributed by atoms with van der Waals surface area (Å²) in [5, 5.41) is 11.6. The van der Waals surface area contributed by atoms with Gasteiger partial charge in [0.15, 0.2) is 0 Å². The number of hydrogen-bond acceptors (Lipinski definition) is 5. The molecule has 7 heteroatoms. The van der Waals surface area contributed by atoms with Gasteiger partial charge in [0.05, 0.1) is 30.4 Å². The molecular weight excluding hydrogens is 478 g/mol. The highest BCUT2D eigenvalue weighted by molar-refractivity contribution is 6.51. The summed E-state index contributed by atoms with van der Waals surface area (Å²) in [6.07, 6.45) is 0. The second-order valence-electron chi connectivity index (χ2n) is 9.13. The molecule has 1 saturated heterocycles. The highest BCUT2D eigenvalue weighted by atomic mass is 35.5. The van der Waals surface area contributed by atoms with Crippen LogP contribution in [-0.4, -0.2) is 30.5 Å². The zero-order chi connectivity index (χ0) is 26.0. The van der Waals surface area contributed by atoms with Crippen LogP contribution >= 0.6 is 11.6 Å². The van der Waals surface area contributed by atoms with E-state index in [1.807, 2.05) is 31.2 Å².